The lowest BCUT2D eigenvalue weighted by molar-refractivity contribution is -0.141. The van der Waals surface area contributed by atoms with Crippen LogP contribution >= 0.6 is 25.3 Å². The molecule has 0 radical (unpaired) electrons. The van der Waals surface area contributed by atoms with Crippen molar-refractivity contribution in [1.29, 1.82) is 0 Å². The standard InChI is InChI=1S/C16H31N7O6S2/c1-7(24)11(17)14(27)21-8(3-2-4-20-16(18)19)12(25)22-9(5-30)13(26)23-10(6-31)15(28)29/h7-11,24,30-31H,2-6,17H2,1H3,(H,21,27)(H,22,25)(H,23,26)(H,28,29)(H4,18,19,20). The molecule has 0 aliphatic carbocycles. The highest BCUT2D eigenvalue weighted by atomic mass is 32.1. The highest BCUT2D eigenvalue weighted by Gasteiger charge is 2.30. The highest BCUT2D eigenvalue weighted by Crippen LogP contribution is 2.03. The molecule has 11 N–H and O–H groups in total. The van der Waals surface area contributed by atoms with Gasteiger partial charge in [-0.3, -0.25) is 19.4 Å². The number of carbonyl (C=O) groups excluding carboxylic acids is 3. The third-order valence-electron chi connectivity index (χ3n) is 4.01. The van der Waals surface area contributed by atoms with Crippen molar-refractivity contribution in [2.75, 3.05) is 18.1 Å². The van der Waals surface area contributed by atoms with Crippen molar-refractivity contribution in [3.05, 3.63) is 0 Å². The molecule has 0 saturated heterocycles. The van der Waals surface area contributed by atoms with Crippen molar-refractivity contribution in [2.45, 2.75) is 50.0 Å². The molecule has 5 atom stereocenters. The summed E-state index contributed by atoms with van der Waals surface area (Å²) in [4.78, 5) is 52.0. The number of rotatable bonds is 14. The van der Waals surface area contributed by atoms with Gasteiger partial charge in [-0.15, -0.1) is 0 Å². The Hall–Kier alpha value is -2.23. The maximum absolute atomic E-state index is 12.7. The predicted octanol–water partition coefficient (Wildman–Crippen LogP) is -3.85. The van der Waals surface area contributed by atoms with E-state index in [0.717, 1.165) is 0 Å². The molecule has 0 aromatic carbocycles. The van der Waals surface area contributed by atoms with Gasteiger partial charge in [0.1, 0.15) is 24.2 Å². The largest absolute Gasteiger partial charge is 0.480 e. The smallest absolute Gasteiger partial charge is 0.327 e. The molecule has 5 unspecified atom stereocenters. The van der Waals surface area contributed by atoms with Crippen LogP contribution in [0, 0.1) is 0 Å². The third kappa shape index (κ3) is 11.1. The van der Waals surface area contributed by atoms with Gasteiger partial charge in [-0.2, -0.15) is 25.3 Å². The Kier molecular flexibility index (Phi) is 13.7. The summed E-state index contributed by atoms with van der Waals surface area (Å²) in [7, 11) is 0. The van der Waals surface area contributed by atoms with E-state index in [-0.39, 0.29) is 30.4 Å². The van der Waals surface area contributed by atoms with Gasteiger partial charge in [0, 0.05) is 18.1 Å². The lowest BCUT2D eigenvalue weighted by atomic mass is 10.1. The molecule has 0 fully saturated rings. The first kappa shape index (κ1) is 28.8. The summed E-state index contributed by atoms with van der Waals surface area (Å²) in [6, 6.07) is -4.83. The fraction of sp³-hybridized carbons (Fsp3) is 0.688. The lowest BCUT2D eigenvalue weighted by Gasteiger charge is -2.24. The van der Waals surface area contributed by atoms with E-state index < -0.39 is 54.0 Å². The monoisotopic (exact) mass is 481 g/mol. The molecule has 0 spiro atoms. The van der Waals surface area contributed by atoms with Gasteiger partial charge in [-0.25, -0.2) is 4.79 Å². The molecule has 31 heavy (non-hydrogen) atoms. The number of aliphatic imine (C=N–C) groups is 1. The Labute approximate surface area is 190 Å². The number of thiol groups is 2. The molecule has 178 valence electrons. The number of hydrogen-bond acceptors (Lipinski definition) is 9. The zero-order chi connectivity index (χ0) is 24.1. The van der Waals surface area contributed by atoms with Crippen LogP contribution in [-0.2, 0) is 19.2 Å². The van der Waals surface area contributed by atoms with Crippen LogP contribution in [0.25, 0.3) is 0 Å². The second-order valence-electron chi connectivity index (χ2n) is 6.60. The molecule has 15 heteroatoms. The Bertz CT molecular complexity index is 660. The van der Waals surface area contributed by atoms with Crippen LogP contribution in [0.15, 0.2) is 4.99 Å². The van der Waals surface area contributed by atoms with Gasteiger partial charge < -0.3 is 43.4 Å². The number of aliphatic carboxylic acids is 1. The SMILES string of the molecule is CC(O)C(N)C(=O)NC(CCCN=C(N)N)C(=O)NC(CS)C(=O)NC(CS)C(=O)O. The third-order valence-corrected chi connectivity index (χ3v) is 4.74. The first-order valence-electron chi connectivity index (χ1n) is 9.29. The lowest BCUT2D eigenvalue weighted by Crippen LogP contribution is -2.58. The number of carbonyl (C=O) groups is 4. The van der Waals surface area contributed by atoms with Crippen LogP contribution in [-0.4, -0.2) is 88.2 Å². The van der Waals surface area contributed by atoms with Gasteiger partial charge >= 0.3 is 5.97 Å². The van der Waals surface area contributed by atoms with Crippen LogP contribution in [0.4, 0.5) is 0 Å². The first-order valence-corrected chi connectivity index (χ1v) is 10.6. The van der Waals surface area contributed by atoms with E-state index in [1.807, 2.05) is 0 Å². The highest BCUT2D eigenvalue weighted by molar-refractivity contribution is 7.80. The van der Waals surface area contributed by atoms with E-state index in [4.69, 9.17) is 22.3 Å². The summed E-state index contributed by atoms with van der Waals surface area (Å²) in [5.74, 6) is -4.01. The molecule has 0 aromatic heterocycles. The average molecular weight is 482 g/mol. The van der Waals surface area contributed by atoms with Gasteiger partial charge in [-0.05, 0) is 19.8 Å². The van der Waals surface area contributed by atoms with Crippen LogP contribution in [0.2, 0.25) is 0 Å². The Morgan fingerprint density at radius 3 is 1.87 bits per heavy atom. The number of aliphatic hydroxyl groups excluding tert-OH is 1. The molecular formula is C16H31N7O6S2. The number of hydrogen-bond donors (Lipinski definition) is 10. The molecule has 0 rings (SSSR count). The van der Waals surface area contributed by atoms with Gasteiger partial charge in [0.15, 0.2) is 5.96 Å². The molecule has 0 bridgehead atoms. The van der Waals surface area contributed by atoms with E-state index >= 15 is 0 Å². The molecule has 0 aliphatic rings. The van der Waals surface area contributed by atoms with Crippen LogP contribution in [0.3, 0.4) is 0 Å². The minimum Gasteiger partial charge on any atom is -0.480 e. The van der Waals surface area contributed by atoms with E-state index in [1.165, 1.54) is 6.92 Å². The zero-order valence-electron chi connectivity index (χ0n) is 17.0. The molecule has 0 aliphatic heterocycles. The van der Waals surface area contributed by atoms with E-state index in [1.54, 1.807) is 0 Å². The molecule has 0 aromatic rings. The molecule has 3 amide bonds. The number of carboxylic acids is 1. The maximum atomic E-state index is 12.7. The van der Waals surface area contributed by atoms with Gasteiger partial charge in [-0.1, -0.05) is 0 Å². The fourth-order valence-corrected chi connectivity index (χ4v) is 2.69. The number of nitrogens with one attached hydrogen (secondary N) is 3. The van der Waals surface area contributed by atoms with E-state index in [0.29, 0.717) is 6.42 Å². The van der Waals surface area contributed by atoms with Crippen molar-refractivity contribution in [1.82, 2.24) is 16.0 Å². The van der Waals surface area contributed by atoms with Gasteiger partial charge in [0.05, 0.1) is 6.10 Å². The van der Waals surface area contributed by atoms with E-state index in [9.17, 15) is 24.3 Å². The number of nitrogens with two attached hydrogens (primary N) is 3. The maximum Gasteiger partial charge on any atom is 0.327 e. The zero-order valence-corrected chi connectivity index (χ0v) is 18.8. The molecular weight excluding hydrogens is 450 g/mol. The van der Waals surface area contributed by atoms with Crippen molar-refractivity contribution in [3.8, 4) is 0 Å². The fourth-order valence-electron chi connectivity index (χ4n) is 2.18. The summed E-state index contributed by atoms with van der Waals surface area (Å²) in [5.41, 5.74) is 16.1. The first-order chi connectivity index (χ1) is 14.4. The summed E-state index contributed by atoms with van der Waals surface area (Å²) in [5, 5.41) is 25.6. The van der Waals surface area contributed by atoms with Gasteiger partial charge in [0.25, 0.3) is 0 Å². The minimum atomic E-state index is -1.29. The van der Waals surface area contributed by atoms with Crippen LogP contribution in [0.5, 0.6) is 0 Å². The number of nitrogens with zero attached hydrogens (tertiary/aromatic N) is 1. The summed E-state index contributed by atoms with van der Waals surface area (Å²) in [6.07, 6.45) is -0.759. The molecule has 0 heterocycles. The number of amides is 3. The normalized spacial score (nSPS) is 15.5. The summed E-state index contributed by atoms with van der Waals surface area (Å²) >= 11 is 7.87. The Morgan fingerprint density at radius 1 is 0.935 bits per heavy atom. The minimum absolute atomic E-state index is 0.0934. The molecule has 13 nitrogen and oxygen atoms in total. The quantitative estimate of drug-likeness (QED) is 0.0505. The number of guanidine groups is 1. The topological polar surface area (TPSA) is 235 Å². The average Bonchev–Trinajstić information content (AvgIpc) is 2.70. The predicted molar refractivity (Wildman–Crippen MR) is 121 cm³/mol. The Balaban J connectivity index is 5.27. The van der Waals surface area contributed by atoms with Crippen molar-refractivity contribution < 1.29 is 29.4 Å². The molecule has 0 saturated carbocycles. The van der Waals surface area contributed by atoms with Crippen LogP contribution in [0.1, 0.15) is 19.8 Å². The van der Waals surface area contributed by atoms with Crippen molar-refractivity contribution in [3.63, 3.8) is 0 Å². The van der Waals surface area contributed by atoms with Crippen molar-refractivity contribution >= 4 is 54.9 Å². The van der Waals surface area contributed by atoms with Crippen LogP contribution < -0.4 is 33.2 Å². The second-order valence-corrected chi connectivity index (χ2v) is 7.33. The summed E-state index contributed by atoms with van der Waals surface area (Å²) < 4.78 is 0. The van der Waals surface area contributed by atoms with Crippen molar-refractivity contribution in [2.24, 2.45) is 22.2 Å². The second kappa shape index (κ2) is 14.7. The van der Waals surface area contributed by atoms with Gasteiger partial charge in [0.2, 0.25) is 17.7 Å². The number of carboxylic acid groups (broad SMARTS) is 1. The number of aliphatic hydroxyl groups is 1. The van der Waals surface area contributed by atoms with E-state index in [2.05, 4.69) is 46.2 Å². The Morgan fingerprint density at radius 2 is 1.42 bits per heavy atom. The summed E-state index contributed by atoms with van der Waals surface area (Å²) in [6.45, 7) is 1.50.